The molecule has 1 atom stereocenters. The first kappa shape index (κ1) is 18.9. The highest BCUT2D eigenvalue weighted by Gasteiger charge is 2.38. The van der Waals surface area contributed by atoms with Gasteiger partial charge in [-0.2, -0.15) is 4.31 Å². The minimum absolute atomic E-state index is 0.280. The Kier molecular flexibility index (Phi) is 4.78. The number of sulfonamides is 1. The number of carbonyl (C=O) groups is 1. The average Bonchev–Trinajstić information content (AvgIpc) is 3.44. The number of thiophene rings is 1. The first-order valence-corrected chi connectivity index (χ1v) is 12.6. The first-order valence-electron chi connectivity index (χ1n) is 9.48. The van der Waals surface area contributed by atoms with Gasteiger partial charge in [-0.25, -0.2) is 13.4 Å². The fourth-order valence-electron chi connectivity index (χ4n) is 3.98. The fourth-order valence-corrected chi connectivity index (χ4v) is 7.76. The molecule has 0 spiro atoms. The number of carbonyl (C=O) groups excluding carboxylic acids is 1. The molecule has 1 amide bonds. The van der Waals surface area contributed by atoms with Crippen LogP contribution in [-0.2, 0) is 21.2 Å². The predicted octanol–water partition coefficient (Wildman–Crippen LogP) is 3.96. The maximum absolute atomic E-state index is 13.0. The van der Waals surface area contributed by atoms with Crippen LogP contribution in [-0.4, -0.2) is 36.2 Å². The van der Waals surface area contributed by atoms with Crippen molar-refractivity contribution in [3.05, 3.63) is 52.2 Å². The Morgan fingerprint density at radius 1 is 1.17 bits per heavy atom. The highest BCUT2D eigenvalue weighted by atomic mass is 32.2. The second-order valence-electron chi connectivity index (χ2n) is 7.17. The number of nitrogens with one attached hydrogen (secondary N) is 1. The lowest BCUT2D eigenvalue weighted by molar-refractivity contribution is -0.120. The largest absolute Gasteiger partial charge is 0.301 e. The smallest absolute Gasteiger partial charge is 0.253 e. The highest BCUT2D eigenvalue weighted by Crippen LogP contribution is 2.41. The molecule has 3 aromatic rings. The third kappa shape index (κ3) is 3.31. The van der Waals surface area contributed by atoms with Gasteiger partial charge in [0, 0.05) is 23.4 Å². The number of rotatable bonds is 4. The summed E-state index contributed by atoms with van der Waals surface area (Å²) in [5.74, 6) is -0.300. The van der Waals surface area contributed by atoms with Gasteiger partial charge in [0.05, 0.1) is 5.69 Å². The third-order valence-electron chi connectivity index (χ3n) is 5.37. The number of benzene rings is 1. The van der Waals surface area contributed by atoms with Crippen LogP contribution in [0.15, 0.2) is 46.0 Å². The first-order chi connectivity index (χ1) is 14.0. The third-order valence-corrected chi connectivity index (χ3v) is 9.62. The van der Waals surface area contributed by atoms with Crippen LogP contribution in [0.5, 0.6) is 0 Å². The molecule has 1 aliphatic carbocycles. The van der Waals surface area contributed by atoms with Crippen LogP contribution in [0.3, 0.4) is 0 Å². The molecule has 2 aromatic heterocycles. The van der Waals surface area contributed by atoms with E-state index in [2.05, 4.69) is 16.4 Å². The van der Waals surface area contributed by atoms with Gasteiger partial charge in [0.15, 0.2) is 5.13 Å². The molecule has 1 N–H and O–H groups in total. The van der Waals surface area contributed by atoms with Gasteiger partial charge in [0.1, 0.15) is 10.3 Å². The summed E-state index contributed by atoms with van der Waals surface area (Å²) >= 11 is 2.65. The summed E-state index contributed by atoms with van der Waals surface area (Å²) in [6.07, 6.45) is 2.93. The molecule has 29 heavy (non-hydrogen) atoms. The number of anilines is 1. The standard InChI is InChI=1S/C20H19N3O3S3/c24-19(15-8-3-4-10-23(15)29(25,26)17-9-5-11-27-17)22-20-21-18-14-7-2-1-6-13(14)12-16(18)28-20/h1-2,5-7,9,11,15H,3-4,8,10,12H2,(H,21,22,24). The van der Waals surface area contributed by atoms with E-state index in [1.54, 1.807) is 17.5 Å². The molecule has 150 valence electrons. The Labute approximate surface area is 177 Å². The van der Waals surface area contributed by atoms with Gasteiger partial charge >= 0.3 is 0 Å². The molecule has 1 aliphatic heterocycles. The molecule has 2 aliphatic rings. The van der Waals surface area contributed by atoms with Crippen LogP contribution in [0.25, 0.3) is 11.3 Å². The summed E-state index contributed by atoms with van der Waals surface area (Å²) in [4.78, 5) is 18.8. The van der Waals surface area contributed by atoms with E-state index in [4.69, 9.17) is 0 Å². The van der Waals surface area contributed by atoms with Gasteiger partial charge in [-0.3, -0.25) is 4.79 Å². The molecule has 3 heterocycles. The van der Waals surface area contributed by atoms with Crippen LogP contribution >= 0.6 is 22.7 Å². The van der Waals surface area contributed by atoms with Gasteiger partial charge in [0.2, 0.25) is 5.91 Å². The maximum atomic E-state index is 13.0. The van der Waals surface area contributed by atoms with E-state index in [9.17, 15) is 13.2 Å². The Bertz CT molecular complexity index is 1170. The molecule has 5 rings (SSSR count). The second kappa shape index (κ2) is 7.32. The van der Waals surface area contributed by atoms with E-state index in [0.29, 0.717) is 18.1 Å². The minimum Gasteiger partial charge on any atom is -0.301 e. The van der Waals surface area contributed by atoms with Crippen molar-refractivity contribution in [1.29, 1.82) is 0 Å². The predicted molar refractivity (Wildman–Crippen MR) is 115 cm³/mol. The van der Waals surface area contributed by atoms with Crippen LogP contribution in [0.4, 0.5) is 5.13 Å². The summed E-state index contributed by atoms with van der Waals surface area (Å²) in [6.45, 7) is 0.361. The van der Waals surface area contributed by atoms with E-state index in [0.717, 1.165) is 35.4 Å². The van der Waals surface area contributed by atoms with Gasteiger partial charge < -0.3 is 5.32 Å². The number of fused-ring (bicyclic) bond motifs is 3. The molecule has 1 unspecified atom stereocenters. The summed E-state index contributed by atoms with van der Waals surface area (Å²) in [5, 5.41) is 5.16. The highest BCUT2D eigenvalue weighted by molar-refractivity contribution is 7.91. The number of nitrogens with zero attached hydrogens (tertiary/aromatic N) is 2. The SMILES string of the molecule is O=C(Nc1nc2c(s1)Cc1ccccc1-2)C1CCCCN1S(=O)(=O)c1cccs1. The molecule has 0 radical (unpaired) electrons. The van der Waals surface area contributed by atoms with Crippen LogP contribution < -0.4 is 5.32 Å². The monoisotopic (exact) mass is 445 g/mol. The molecule has 1 fully saturated rings. The topological polar surface area (TPSA) is 79.4 Å². The van der Waals surface area contributed by atoms with Gasteiger partial charge in [0.25, 0.3) is 10.0 Å². The lowest BCUT2D eigenvalue weighted by Crippen LogP contribution is -2.49. The van der Waals surface area contributed by atoms with Crippen molar-refractivity contribution in [3.63, 3.8) is 0 Å². The summed E-state index contributed by atoms with van der Waals surface area (Å²) in [6, 6.07) is 10.7. The second-order valence-corrected chi connectivity index (χ2v) is 11.3. The van der Waals surface area contributed by atoms with E-state index in [-0.39, 0.29) is 10.1 Å². The Balaban J connectivity index is 1.38. The van der Waals surface area contributed by atoms with Gasteiger partial charge in [-0.05, 0) is 29.9 Å². The molecule has 0 saturated carbocycles. The number of piperidine rings is 1. The van der Waals surface area contributed by atoms with Crippen molar-refractivity contribution in [1.82, 2.24) is 9.29 Å². The Morgan fingerprint density at radius 3 is 2.86 bits per heavy atom. The summed E-state index contributed by atoms with van der Waals surface area (Å²) in [7, 11) is -3.67. The van der Waals surface area contributed by atoms with Crippen molar-refractivity contribution in [2.24, 2.45) is 0 Å². The lowest BCUT2D eigenvalue weighted by Gasteiger charge is -2.32. The summed E-state index contributed by atoms with van der Waals surface area (Å²) in [5.41, 5.74) is 3.28. The lowest BCUT2D eigenvalue weighted by atomic mass is 10.0. The number of thiazole rings is 1. The van der Waals surface area contributed by atoms with Crippen LogP contribution in [0.1, 0.15) is 29.7 Å². The average molecular weight is 446 g/mol. The number of aromatic nitrogens is 1. The Hall–Kier alpha value is -2.07. The van der Waals surface area contributed by atoms with Crippen molar-refractivity contribution < 1.29 is 13.2 Å². The number of hydrogen-bond acceptors (Lipinski definition) is 6. The van der Waals surface area contributed by atoms with Gasteiger partial charge in [-0.1, -0.05) is 36.8 Å². The molecule has 9 heteroatoms. The maximum Gasteiger partial charge on any atom is 0.253 e. The van der Waals surface area contributed by atoms with E-state index >= 15 is 0 Å². The van der Waals surface area contributed by atoms with Crippen molar-refractivity contribution in [2.45, 2.75) is 35.9 Å². The number of hydrogen-bond donors (Lipinski definition) is 1. The normalized spacial score (nSPS) is 19.0. The van der Waals surface area contributed by atoms with Crippen molar-refractivity contribution in [3.8, 4) is 11.3 Å². The zero-order valence-electron chi connectivity index (χ0n) is 15.5. The van der Waals surface area contributed by atoms with Crippen LogP contribution in [0.2, 0.25) is 0 Å². The molecule has 1 saturated heterocycles. The van der Waals surface area contributed by atoms with E-state index in [1.807, 2.05) is 18.2 Å². The Morgan fingerprint density at radius 2 is 2.03 bits per heavy atom. The quantitative estimate of drug-likeness (QED) is 0.516. The van der Waals surface area contributed by atoms with Gasteiger partial charge in [-0.15, -0.1) is 22.7 Å². The molecule has 0 bridgehead atoms. The molecule has 1 aromatic carbocycles. The minimum atomic E-state index is -3.67. The zero-order valence-corrected chi connectivity index (χ0v) is 17.9. The summed E-state index contributed by atoms with van der Waals surface area (Å²) < 4.78 is 27.7. The molecular weight excluding hydrogens is 426 g/mol. The van der Waals surface area contributed by atoms with Crippen molar-refractivity contribution >= 4 is 43.7 Å². The molecule has 6 nitrogen and oxygen atoms in total. The number of amides is 1. The van der Waals surface area contributed by atoms with Crippen molar-refractivity contribution in [2.75, 3.05) is 11.9 Å². The fraction of sp³-hybridized carbons (Fsp3) is 0.300. The molecular formula is C20H19N3O3S3. The zero-order chi connectivity index (χ0) is 20.0. The van der Waals surface area contributed by atoms with Crippen LogP contribution in [0, 0.1) is 0 Å². The van der Waals surface area contributed by atoms with E-state index in [1.165, 1.54) is 32.5 Å². The van der Waals surface area contributed by atoms with E-state index < -0.39 is 16.1 Å².